The maximum Gasteiger partial charge on any atom is 0.433 e. The molecule has 4 aliphatic heterocycles. The van der Waals surface area contributed by atoms with E-state index < -0.39 is 29.0 Å². The molecule has 0 amide bonds. The van der Waals surface area contributed by atoms with Gasteiger partial charge in [0.1, 0.15) is 48.1 Å². The molecule has 3 atom stereocenters. The average molecular weight is 830 g/mol. The van der Waals surface area contributed by atoms with Crippen molar-refractivity contribution in [2.24, 2.45) is 0 Å². The van der Waals surface area contributed by atoms with Gasteiger partial charge in [0.15, 0.2) is 18.3 Å². The second-order valence-electron chi connectivity index (χ2n) is 15.5. The molecule has 0 N–H and O–H groups in total. The summed E-state index contributed by atoms with van der Waals surface area (Å²) in [5.41, 5.74) is -0.333. The van der Waals surface area contributed by atoms with Crippen molar-refractivity contribution in [3.8, 4) is 41.2 Å². The SMILES string of the molecule is C#Cc1c(F)ccc2cc(OCOC)cc(-c3nc4c5c(nc(OC[C@@]67CCCN6[C@H](COc6cc(C(F)(F)F)ncn6)CC7)nc5c3F)N3CCCOC[C@@H]3C=C4C)c12. The van der Waals surface area contributed by atoms with Crippen LogP contribution in [0.15, 0.2) is 42.7 Å². The molecule has 0 aliphatic carbocycles. The summed E-state index contributed by atoms with van der Waals surface area (Å²) >= 11 is 0. The summed E-state index contributed by atoms with van der Waals surface area (Å²) < 4.78 is 102. The maximum absolute atomic E-state index is 17.6. The molecule has 9 rings (SSSR count). The Bertz CT molecular complexity index is 2570. The molecule has 0 unspecified atom stereocenters. The number of ether oxygens (including phenoxy) is 5. The number of anilines is 1. The van der Waals surface area contributed by atoms with E-state index in [0.29, 0.717) is 60.6 Å². The summed E-state index contributed by atoms with van der Waals surface area (Å²) in [6.45, 7) is 4.30. The van der Waals surface area contributed by atoms with Gasteiger partial charge in [-0.05, 0) is 74.7 Å². The zero-order chi connectivity index (χ0) is 41.8. The van der Waals surface area contributed by atoms with E-state index in [0.717, 1.165) is 43.8 Å². The fourth-order valence-corrected chi connectivity index (χ4v) is 9.13. The predicted molar refractivity (Wildman–Crippen MR) is 211 cm³/mol. The van der Waals surface area contributed by atoms with E-state index in [9.17, 15) is 13.2 Å². The first-order valence-corrected chi connectivity index (χ1v) is 19.7. The van der Waals surface area contributed by atoms with Crippen molar-refractivity contribution < 1.29 is 45.6 Å². The van der Waals surface area contributed by atoms with Crippen LogP contribution in [0.3, 0.4) is 0 Å². The summed E-state index contributed by atoms with van der Waals surface area (Å²) in [6.07, 6.45) is 7.89. The number of halogens is 5. The maximum atomic E-state index is 17.6. The molecule has 4 aliphatic rings. The van der Waals surface area contributed by atoms with E-state index in [4.69, 9.17) is 45.1 Å². The molecule has 0 spiro atoms. The summed E-state index contributed by atoms with van der Waals surface area (Å²) in [5, 5.41) is 1.19. The topological polar surface area (TPSA) is 117 Å². The van der Waals surface area contributed by atoms with Crippen LogP contribution >= 0.6 is 0 Å². The van der Waals surface area contributed by atoms with Crippen molar-refractivity contribution in [1.29, 1.82) is 0 Å². The first-order valence-electron chi connectivity index (χ1n) is 19.7. The minimum atomic E-state index is -4.62. The van der Waals surface area contributed by atoms with Crippen LogP contribution in [0.5, 0.6) is 17.6 Å². The highest BCUT2D eigenvalue weighted by molar-refractivity contribution is 6.05. The molecule has 60 heavy (non-hydrogen) atoms. The minimum absolute atomic E-state index is 0.0369. The Balaban J connectivity index is 1.12. The van der Waals surface area contributed by atoms with Gasteiger partial charge in [-0.15, -0.1) is 6.42 Å². The first-order chi connectivity index (χ1) is 29.0. The van der Waals surface area contributed by atoms with E-state index in [1.54, 1.807) is 18.2 Å². The number of methoxy groups -OCH3 is 1. The molecule has 17 heteroatoms. The molecule has 0 radical (unpaired) electrons. The normalized spacial score (nSPS) is 21.6. The van der Waals surface area contributed by atoms with Gasteiger partial charge in [-0.2, -0.15) is 23.1 Å². The molecule has 5 aromatic rings. The monoisotopic (exact) mass is 829 g/mol. The van der Waals surface area contributed by atoms with Gasteiger partial charge in [0.2, 0.25) is 5.88 Å². The Morgan fingerprint density at radius 3 is 2.67 bits per heavy atom. The smallest absolute Gasteiger partial charge is 0.433 e. The third-order valence-corrected chi connectivity index (χ3v) is 11.9. The number of hydrogen-bond acceptors (Lipinski definition) is 12. The van der Waals surface area contributed by atoms with Gasteiger partial charge in [-0.25, -0.2) is 23.7 Å². The van der Waals surface area contributed by atoms with E-state index in [2.05, 4.69) is 25.7 Å². The fourth-order valence-electron chi connectivity index (χ4n) is 9.13. The van der Waals surface area contributed by atoms with Crippen LogP contribution in [0.1, 0.15) is 56.0 Å². The molecular weight excluding hydrogens is 790 g/mol. The molecule has 0 bridgehead atoms. The van der Waals surface area contributed by atoms with Crippen LogP contribution in [0.4, 0.5) is 27.8 Å². The largest absolute Gasteiger partial charge is 0.476 e. The van der Waals surface area contributed by atoms with E-state index in [1.807, 2.05) is 13.0 Å². The number of pyridine rings is 1. The molecule has 3 fully saturated rings. The van der Waals surface area contributed by atoms with Crippen LogP contribution in [0.25, 0.3) is 38.5 Å². The first kappa shape index (κ1) is 39.7. The number of aromatic nitrogens is 5. The lowest BCUT2D eigenvalue weighted by molar-refractivity contribution is -0.141. The van der Waals surface area contributed by atoms with Crippen LogP contribution in [-0.4, -0.2) is 101 Å². The minimum Gasteiger partial charge on any atom is -0.476 e. The molecule has 2 aromatic carbocycles. The van der Waals surface area contributed by atoms with Crippen LogP contribution in [-0.2, 0) is 15.7 Å². The third-order valence-electron chi connectivity index (χ3n) is 11.9. The number of nitrogens with zero attached hydrogens (tertiary/aromatic N) is 7. The lowest BCUT2D eigenvalue weighted by atomic mass is 9.95. The van der Waals surface area contributed by atoms with E-state index in [1.165, 1.54) is 13.2 Å². The summed E-state index contributed by atoms with van der Waals surface area (Å²) in [6, 6.07) is 6.44. The highest BCUT2D eigenvalue weighted by atomic mass is 19.4. The molecule has 0 saturated carbocycles. The average Bonchev–Trinajstić information content (AvgIpc) is 3.68. The van der Waals surface area contributed by atoms with Crippen molar-refractivity contribution in [3.05, 3.63) is 71.3 Å². The standard InChI is InChI=1S/C43H40F5N7O5/c1-4-29-31(44)8-7-25-16-28(60-23-56-3)17-30(34(25)29)38-36(45)39-35-37(51-38)24(2)15-27-19-57-14-6-12-54(27)40(35)53-41(52-39)59-21-42-10-5-13-55(42)26(9-11-42)20-58-33-18-32(43(46,47)48)49-22-50-33/h1,7-8,15-18,22,26-27H,5-6,9-14,19-21,23H2,2-3H3/t26-,27-,42-/m0/s1. The van der Waals surface area contributed by atoms with Gasteiger partial charge in [0.05, 0.1) is 34.8 Å². The highest BCUT2D eigenvalue weighted by Gasteiger charge is 2.50. The number of alkyl halides is 3. The van der Waals surface area contributed by atoms with Crippen molar-refractivity contribution >= 4 is 33.1 Å². The highest BCUT2D eigenvalue weighted by Crippen LogP contribution is 2.45. The van der Waals surface area contributed by atoms with E-state index in [-0.39, 0.29) is 71.7 Å². The zero-order valence-electron chi connectivity index (χ0n) is 32.8. The van der Waals surface area contributed by atoms with Gasteiger partial charge in [0.25, 0.3) is 0 Å². The van der Waals surface area contributed by atoms with Gasteiger partial charge >= 0.3 is 12.2 Å². The Morgan fingerprint density at radius 2 is 1.85 bits per heavy atom. The lowest BCUT2D eigenvalue weighted by Gasteiger charge is -2.34. The van der Waals surface area contributed by atoms with Crippen molar-refractivity contribution in [3.63, 3.8) is 0 Å². The molecule has 7 heterocycles. The van der Waals surface area contributed by atoms with Gasteiger partial charge in [-0.3, -0.25) is 4.90 Å². The number of rotatable bonds is 10. The quantitative estimate of drug-likeness (QED) is 0.0796. The number of allylic oxidation sites excluding steroid dienone is 1. The summed E-state index contributed by atoms with van der Waals surface area (Å²) in [7, 11) is 1.47. The third kappa shape index (κ3) is 7.09. The Kier molecular flexibility index (Phi) is 10.4. The lowest BCUT2D eigenvalue weighted by Crippen LogP contribution is -2.48. The van der Waals surface area contributed by atoms with Gasteiger partial charge < -0.3 is 28.6 Å². The second-order valence-corrected chi connectivity index (χ2v) is 15.5. The second kappa shape index (κ2) is 15.7. The van der Waals surface area contributed by atoms with Crippen molar-refractivity contribution in [2.45, 2.75) is 62.8 Å². The van der Waals surface area contributed by atoms with Gasteiger partial charge in [0, 0.05) is 43.3 Å². The summed E-state index contributed by atoms with van der Waals surface area (Å²) in [5.74, 6) is 1.64. The number of fused-ring (bicyclic) bond motifs is 4. The number of hydrogen-bond donors (Lipinski definition) is 0. The molecule has 312 valence electrons. The summed E-state index contributed by atoms with van der Waals surface area (Å²) in [4.78, 5) is 26.2. The van der Waals surface area contributed by atoms with Crippen molar-refractivity contribution in [1.82, 2.24) is 29.8 Å². The van der Waals surface area contributed by atoms with Crippen LogP contribution < -0.4 is 19.1 Å². The molecule has 3 saturated heterocycles. The Morgan fingerprint density at radius 1 is 0.983 bits per heavy atom. The molecular formula is C43H40F5N7O5. The van der Waals surface area contributed by atoms with Gasteiger partial charge in [-0.1, -0.05) is 18.1 Å². The van der Waals surface area contributed by atoms with E-state index >= 15 is 8.78 Å². The Hall–Kier alpha value is -5.70. The fraction of sp³-hybridized carbons (Fsp3) is 0.419. The van der Waals surface area contributed by atoms with Crippen molar-refractivity contribution in [2.75, 3.05) is 58.3 Å². The van der Waals surface area contributed by atoms with Crippen LogP contribution in [0, 0.1) is 24.0 Å². The predicted octanol–water partition coefficient (Wildman–Crippen LogP) is 7.36. The molecule has 3 aromatic heterocycles. The van der Waals surface area contributed by atoms with Crippen LogP contribution in [0.2, 0.25) is 0 Å². The number of benzene rings is 2. The molecule has 12 nitrogen and oxygen atoms in total. The number of terminal acetylenes is 1. The Labute approximate surface area is 341 Å². The zero-order valence-corrected chi connectivity index (χ0v) is 32.8.